The Hall–Kier alpha value is -0.690. The van der Waals surface area contributed by atoms with Gasteiger partial charge in [0.1, 0.15) is 0 Å². The van der Waals surface area contributed by atoms with Crippen molar-refractivity contribution in [2.45, 2.75) is 26.7 Å². The van der Waals surface area contributed by atoms with Crippen LogP contribution >= 0.6 is 11.8 Å². The second-order valence-electron chi connectivity index (χ2n) is 3.39. The standard InChI is InChI=1S/C10H17NO2S/c1-9(2)7-13-10(12)8-14-6-4-3-5-11/h9H,3-4,6-8H2,1-2H3. The Morgan fingerprint density at radius 1 is 1.57 bits per heavy atom. The maximum atomic E-state index is 11.1. The van der Waals surface area contributed by atoms with Crippen LogP contribution in [0.4, 0.5) is 0 Å². The molecule has 3 nitrogen and oxygen atoms in total. The molecule has 0 rings (SSSR count). The number of esters is 1. The Morgan fingerprint density at radius 3 is 2.86 bits per heavy atom. The molecule has 80 valence electrons. The summed E-state index contributed by atoms with van der Waals surface area (Å²) in [7, 11) is 0. The second kappa shape index (κ2) is 8.89. The van der Waals surface area contributed by atoms with Crippen LogP contribution in [-0.2, 0) is 9.53 Å². The predicted molar refractivity (Wildman–Crippen MR) is 58.0 cm³/mol. The fourth-order valence-electron chi connectivity index (χ4n) is 0.710. The molecule has 0 saturated heterocycles. The number of ether oxygens (including phenoxy) is 1. The molecule has 0 saturated carbocycles. The highest BCUT2D eigenvalue weighted by Gasteiger charge is 2.03. The van der Waals surface area contributed by atoms with E-state index >= 15 is 0 Å². The first-order chi connectivity index (χ1) is 6.66. The zero-order chi connectivity index (χ0) is 10.8. The van der Waals surface area contributed by atoms with Gasteiger partial charge in [0.15, 0.2) is 0 Å². The average Bonchev–Trinajstić information content (AvgIpc) is 2.14. The van der Waals surface area contributed by atoms with Crippen molar-refractivity contribution in [1.29, 1.82) is 5.26 Å². The average molecular weight is 215 g/mol. The number of nitriles is 1. The van der Waals surface area contributed by atoms with Gasteiger partial charge in [0, 0.05) is 6.42 Å². The summed E-state index contributed by atoms with van der Waals surface area (Å²) in [5.41, 5.74) is 0. The van der Waals surface area contributed by atoms with E-state index < -0.39 is 0 Å². The minimum absolute atomic E-state index is 0.152. The van der Waals surface area contributed by atoms with E-state index in [-0.39, 0.29) is 5.97 Å². The van der Waals surface area contributed by atoms with Crippen molar-refractivity contribution in [3.63, 3.8) is 0 Å². The molecule has 14 heavy (non-hydrogen) atoms. The van der Waals surface area contributed by atoms with E-state index in [1.165, 1.54) is 11.8 Å². The molecule has 0 aromatic heterocycles. The van der Waals surface area contributed by atoms with E-state index in [2.05, 4.69) is 6.07 Å². The SMILES string of the molecule is CC(C)COC(=O)CSCCCC#N. The number of thioether (sulfide) groups is 1. The molecule has 0 aliphatic heterocycles. The maximum Gasteiger partial charge on any atom is 0.315 e. The van der Waals surface area contributed by atoms with Crippen molar-refractivity contribution in [1.82, 2.24) is 0 Å². The van der Waals surface area contributed by atoms with Crippen LogP contribution < -0.4 is 0 Å². The van der Waals surface area contributed by atoms with Crippen molar-refractivity contribution in [3.8, 4) is 6.07 Å². The van der Waals surface area contributed by atoms with E-state index in [4.69, 9.17) is 10.00 Å². The molecule has 0 unspecified atom stereocenters. The highest BCUT2D eigenvalue weighted by Crippen LogP contribution is 2.05. The smallest absolute Gasteiger partial charge is 0.315 e. The fraction of sp³-hybridized carbons (Fsp3) is 0.800. The summed E-state index contributed by atoms with van der Waals surface area (Å²) in [6.07, 6.45) is 1.41. The number of hydrogen-bond acceptors (Lipinski definition) is 4. The summed E-state index contributed by atoms with van der Waals surface area (Å²) in [6, 6.07) is 2.07. The highest BCUT2D eigenvalue weighted by molar-refractivity contribution is 7.99. The second-order valence-corrected chi connectivity index (χ2v) is 4.50. The number of nitrogens with zero attached hydrogens (tertiary/aromatic N) is 1. The normalized spacial score (nSPS) is 9.86. The number of unbranched alkanes of at least 4 members (excludes halogenated alkanes) is 1. The molecular weight excluding hydrogens is 198 g/mol. The first-order valence-electron chi connectivity index (χ1n) is 4.77. The number of carbonyl (C=O) groups is 1. The van der Waals surface area contributed by atoms with E-state index in [0.29, 0.717) is 24.7 Å². The minimum Gasteiger partial charge on any atom is -0.465 e. The van der Waals surface area contributed by atoms with Crippen LogP contribution in [0.3, 0.4) is 0 Å². The molecule has 0 aliphatic rings. The summed E-state index contributed by atoms with van der Waals surface area (Å²) in [4.78, 5) is 11.1. The van der Waals surface area contributed by atoms with Crippen LogP contribution in [0.5, 0.6) is 0 Å². The molecule has 0 atom stereocenters. The molecule has 4 heteroatoms. The van der Waals surface area contributed by atoms with Gasteiger partial charge in [-0.25, -0.2) is 0 Å². The monoisotopic (exact) mass is 215 g/mol. The van der Waals surface area contributed by atoms with Crippen LogP contribution in [0.15, 0.2) is 0 Å². The third-order valence-electron chi connectivity index (χ3n) is 1.37. The summed E-state index contributed by atoms with van der Waals surface area (Å²) < 4.78 is 4.99. The summed E-state index contributed by atoms with van der Waals surface area (Å²) in [6.45, 7) is 4.51. The van der Waals surface area contributed by atoms with E-state index in [1.807, 2.05) is 13.8 Å². The molecule has 0 aliphatic carbocycles. The topological polar surface area (TPSA) is 50.1 Å². The molecule has 0 heterocycles. The van der Waals surface area contributed by atoms with E-state index in [9.17, 15) is 4.79 Å². The number of hydrogen-bond donors (Lipinski definition) is 0. The zero-order valence-electron chi connectivity index (χ0n) is 8.78. The lowest BCUT2D eigenvalue weighted by molar-refractivity contribution is -0.141. The first kappa shape index (κ1) is 13.3. The molecule has 0 N–H and O–H groups in total. The van der Waals surface area contributed by atoms with Gasteiger partial charge in [0.2, 0.25) is 0 Å². The summed E-state index contributed by atoms with van der Waals surface area (Å²) in [5, 5.41) is 8.27. The maximum absolute atomic E-state index is 11.1. The molecule has 0 aromatic rings. The van der Waals surface area contributed by atoms with Crippen molar-refractivity contribution in [3.05, 3.63) is 0 Å². The van der Waals surface area contributed by atoms with Crippen molar-refractivity contribution in [2.24, 2.45) is 5.92 Å². The Labute approximate surface area is 89.8 Å². The number of carbonyl (C=O) groups excluding carboxylic acids is 1. The van der Waals surface area contributed by atoms with Gasteiger partial charge in [-0.3, -0.25) is 4.79 Å². The van der Waals surface area contributed by atoms with Gasteiger partial charge in [0.25, 0.3) is 0 Å². The summed E-state index contributed by atoms with van der Waals surface area (Å²) in [5.74, 6) is 1.49. The quantitative estimate of drug-likeness (QED) is 0.482. The van der Waals surface area contributed by atoms with Crippen molar-refractivity contribution < 1.29 is 9.53 Å². The van der Waals surface area contributed by atoms with Crippen LogP contribution in [0.1, 0.15) is 26.7 Å². The molecule has 0 bridgehead atoms. The van der Waals surface area contributed by atoms with Gasteiger partial charge in [-0.05, 0) is 18.1 Å². The van der Waals surface area contributed by atoms with Gasteiger partial charge in [-0.1, -0.05) is 13.8 Å². The largest absolute Gasteiger partial charge is 0.465 e. The van der Waals surface area contributed by atoms with Gasteiger partial charge in [-0.2, -0.15) is 17.0 Å². The zero-order valence-corrected chi connectivity index (χ0v) is 9.60. The molecule has 0 aromatic carbocycles. The van der Waals surface area contributed by atoms with Gasteiger partial charge in [-0.15, -0.1) is 0 Å². The van der Waals surface area contributed by atoms with E-state index in [0.717, 1.165) is 12.2 Å². The third-order valence-corrected chi connectivity index (χ3v) is 2.39. The highest BCUT2D eigenvalue weighted by atomic mass is 32.2. The van der Waals surface area contributed by atoms with E-state index in [1.54, 1.807) is 0 Å². The Kier molecular flexibility index (Phi) is 8.45. The van der Waals surface area contributed by atoms with Gasteiger partial charge in [0.05, 0.1) is 18.4 Å². The molecule has 0 fully saturated rings. The lowest BCUT2D eigenvalue weighted by Gasteiger charge is -2.06. The van der Waals surface area contributed by atoms with Crippen LogP contribution in [0.25, 0.3) is 0 Å². The lowest BCUT2D eigenvalue weighted by Crippen LogP contribution is -2.12. The third kappa shape index (κ3) is 9.40. The Morgan fingerprint density at radius 2 is 2.29 bits per heavy atom. The van der Waals surface area contributed by atoms with Crippen molar-refractivity contribution >= 4 is 17.7 Å². The van der Waals surface area contributed by atoms with Crippen LogP contribution in [-0.4, -0.2) is 24.1 Å². The Bertz CT molecular complexity index is 199. The number of rotatable bonds is 7. The van der Waals surface area contributed by atoms with Gasteiger partial charge >= 0.3 is 5.97 Å². The van der Waals surface area contributed by atoms with Crippen molar-refractivity contribution in [2.75, 3.05) is 18.1 Å². The molecule has 0 radical (unpaired) electrons. The van der Waals surface area contributed by atoms with Crippen LogP contribution in [0, 0.1) is 17.2 Å². The predicted octanol–water partition coefficient (Wildman–Crippen LogP) is 2.22. The molecule has 0 amide bonds. The molecule has 0 spiro atoms. The molecular formula is C10H17NO2S. The fourth-order valence-corrected chi connectivity index (χ4v) is 1.45. The van der Waals surface area contributed by atoms with Crippen LogP contribution in [0.2, 0.25) is 0 Å². The summed E-state index contributed by atoms with van der Waals surface area (Å²) >= 11 is 1.53. The van der Waals surface area contributed by atoms with Gasteiger partial charge < -0.3 is 4.74 Å². The lowest BCUT2D eigenvalue weighted by atomic mass is 10.2. The minimum atomic E-state index is -0.152. The Balaban J connectivity index is 3.24. The first-order valence-corrected chi connectivity index (χ1v) is 5.92.